The molecule has 0 saturated carbocycles. The zero-order valence-electron chi connectivity index (χ0n) is 19.7. The molecule has 2 aromatic rings. The van der Waals surface area contributed by atoms with E-state index in [1.54, 1.807) is 35.2 Å². The molecule has 0 radical (unpaired) electrons. The molecule has 2 atom stereocenters. The van der Waals surface area contributed by atoms with Gasteiger partial charge in [0.15, 0.2) is 11.5 Å². The van der Waals surface area contributed by atoms with Crippen molar-refractivity contribution in [2.75, 3.05) is 31.0 Å². The maximum atomic E-state index is 13.5. The lowest BCUT2D eigenvalue weighted by atomic mass is 10.1. The number of carbonyl (C=O) groups excluding carboxylic acids is 2. The molecule has 1 N–H and O–H groups in total. The van der Waals surface area contributed by atoms with Crippen molar-refractivity contribution in [3.63, 3.8) is 0 Å². The van der Waals surface area contributed by atoms with Gasteiger partial charge in [0.25, 0.3) is 0 Å². The Hall–Kier alpha value is -3.11. The number of rotatable bonds is 6. The fourth-order valence-electron chi connectivity index (χ4n) is 4.81. The SMILES string of the molecule is COc1ccc(NC(=O)[C@@H]2CCCN2S(=O)(=O)c2ccc3c(c2)C[C@H](C)N3C(C)=O)cc1OC. The topological polar surface area (TPSA) is 105 Å². The van der Waals surface area contributed by atoms with Gasteiger partial charge in [0.2, 0.25) is 21.8 Å². The third kappa shape index (κ3) is 4.23. The first kappa shape index (κ1) is 24.0. The van der Waals surface area contributed by atoms with E-state index in [0.29, 0.717) is 36.4 Å². The molecule has 2 amide bonds. The summed E-state index contributed by atoms with van der Waals surface area (Å²) in [5.41, 5.74) is 2.04. The van der Waals surface area contributed by atoms with Crippen LogP contribution in [0, 0.1) is 0 Å². The summed E-state index contributed by atoms with van der Waals surface area (Å²) < 4.78 is 38.8. The van der Waals surface area contributed by atoms with E-state index in [2.05, 4.69) is 5.32 Å². The summed E-state index contributed by atoms with van der Waals surface area (Å²) in [6.07, 6.45) is 1.60. The van der Waals surface area contributed by atoms with Crippen LogP contribution in [0.1, 0.15) is 32.3 Å². The Morgan fingerprint density at radius 1 is 1.06 bits per heavy atom. The van der Waals surface area contributed by atoms with Gasteiger partial charge >= 0.3 is 0 Å². The molecule has 9 nitrogen and oxygen atoms in total. The number of nitrogens with one attached hydrogen (secondary N) is 1. The summed E-state index contributed by atoms with van der Waals surface area (Å²) >= 11 is 0. The molecule has 0 unspecified atom stereocenters. The highest BCUT2D eigenvalue weighted by molar-refractivity contribution is 7.89. The standard InChI is InChI=1S/C24H29N3O6S/c1-15-12-17-13-19(8-9-20(17)27(15)16(2)28)34(30,31)26-11-5-6-21(26)24(29)25-18-7-10-22(32-3)23(14-18)33-4/h7-10,13-15,21H,5-6,11-12H2,1-4H3,(H,25,29)/t15-,21-/m0/s1. The van der Waals surface area contributed by atoms with E-state index < -0.39 is 22.0 Å². The molecular formula is C24H29N3O6S. The molecule has 4 rings (SSSR count). The second-order valence-corrected chi connectivity index (χ2v) is 10.5. The number of carbonyl (C=O) groups is 2. The summed E-state index contributed by atoms with van der Waals surface area (Å²) in [6, 6.07) is 8.96. The van der Waals surface area contributed by atoms with Gasteiger partial charge in [-0.15, -0.1) is 0 Å². The van der Waals surface area contributed by atoms with Crippen molar-refractivity contribution in [3.05, 3.63) is 42.0 Å². The molecule has 0 spiro atoms. The number of ether oxygens (including phenoxy) is 2. The largest absolute Gasteiger partial charge is 0.493 e. The van der Waals surface area contributed by atoms with Crippen molar-refractivity contribution in [1.29, 1.82) is 0 Å². The van der Waals surface area contributed by atoms with Crippen LogP contribution >= 0.6 is 0 Å². The minimum Gasteiger partial charge on any atom is -0.493 e. The van der Waals surface area contributed by atoms with Gasteiger partial charge in [-0.25, -0.2) is 8.42 Å². The molecule has 2 aliphatic heterocycles. The van der Waals surface area contributed by atoms with Gasteiger partial charge in [-0.1, -0.05) is 0 Å². The lowest BCUT2D eigenvalue weighted by Gasteiger charge is -2.24. The molecule has 182 valence electrons. The lowest BCUT2D eigenvalue weighted by Crippen LogP contribution is -2.43. The van der Waals surface area contributed by atoms with Crippen molar-refractivity contribution in [2.45, 2.75) is 50.1 Å². The Morgan fingerprint density at radius 3 is 2.47 bits per heavy atom. The van der Waals surface area contributed by atoms with Crippen LogP contribution in [0.25, 0.3) is 0 Å². The van der Waals surface area contributed by atoms with Crippen molar-refractivity contribution in [1.82, 2.24) is 4.31 Å². The van der Waals surface area contributed by atoms with E-state index in [1.165, 1.54) is 31.5 Å². The van der Waals surface area contributed by atoms with Crippen LogP contribution < -0.4 is 19.7 Å². The zero-order valence-corrected chi connectivity index (χ0v) is 20.5. The number of sulfonamides is 1. The van der Waals surface area contributed by atoms with Crippen molar-refractivity contribution >= 4 is 33.2 Å². The van der Waals surface area contributed by atoms with Gasteiger partial charge in [-0.2, -0.15) is 4.31 Å². The van der Waals surface area contributed by atoms with Crippen LogP contribution in [0.15, 0.2) is 41.3 Å². The predicted molar refractivity (Wildman–Crippen MR) is 128 cm³/mol. The van der Waals surface area contributed by atoms with Crippen LogP contribution in [-0.4, -0.2) is 57.4 Å². The molecule has 10 heteroatoms. The van der Waals surface area contributed by atoms with Gasteiger partial charge in [0, 0.05) is 37.0 Å². The van der Waals surface area contributed by atoms with Crippen molar-refractivity contribution in [3.8, 4) is 11.5 Å². The molecule has 2 aromatic carbocycles. The van der Waals surface area contributed by atoms with E-state index in [0.717, 1.165) is 11.3 Å². The highest BCUT2D eigenvalue weighted by Crippen LogP contribution is 2.36. The molecule has 34 heavy (non-hydrogen) atoms. The second kappa shape index (κ2) is 9.27. The van der Waals surface area contributed by atoms with Gasteiger partial charge in [-0.05, 0) is 62.1 Å². The van der Waals surface area contributed by atoms with Crippen molar-refractivity contribution < 1.29 is 27.5 Å². The maximum Gasteiger partial charge on any atom is 0.243 e. The summed E-state index contributed by atoms with van der Waals surface area (Å²) in [5.74, 6) is 0.516. The van der Waals surface area contributed by atoms with Crippen molar-refractivity contribution in [2.24, 2.45) is 0 Å². The molecule has 1 saturated heterocycles. The minimum atomic E-state index is -3.90. The van der Waals surface area contributed by atoms with E-state index in [4.69, 9.17) is 9.47 Å². The highest BCUT2D eigenvalue weighted by atomic mass is 32.2. The normalized spacial score (nSPS) is 20.2. The van der Waals surface area contributed by atoms with Crippen LogP contribution in [0.4, 0.5) is 11.4 Å². The van der Waals surface area contributed by atoms with Crippen LogP contribution in [-0.2, 0) is 26.0 Å². The van der Waals surface area contributed by atoms with Crippen LogP contribution in [0.2, 0.25) is 0 Å². The Bertz CT molecular complexity index is 1230. The average Bonchev–Trinajstić information content (AvgIpc) is 3.43. The maximum absolute atomic E-state index is 13.5. The van der Waals surface area contributed by atoms with E-state index in [1.807, 2.05) is 6.92 Å². The predicted octanol–water partition coefficient (Wildman–Crippen LogP) is 2.79. The molecule has 0 aliphatic carbocycles. The number of methoxy groups -OCH3 is 2. The zero-order chi connectivity index (χ0) is 24.6. The first-order valence-corrected chi connectivity index (χ1v) is 12.6. The fraction of sp³-hybridized carbons (Fsp3) is 0.417. The Kier molecular flexibility index (Phi) is 6.55. The lowest BCUT2D eigenvalue weighted by molar-refractivity contribution is -0.119. The highest BCUT2D eigenvalue weighted by Gasteiger charge is 2.40. The molecule has 2 aliphatic rings. The quantitative estimate of drug-likeness (QED) is 0.672. The van der Waals surface area contributed by atoms with Crippen LogP contribution in [0.3, 0.4) is 0 Å². The van der Waals surface area contributed by atoms with E-state index in [9.17, 15) is 18.0 Å². The smallest absolute Gasteiger partial charge is 0.243 e. The number of benzene rings is 2. The minimum absolute atomic E-state index is 0.0303. The van der Waals surface area contributed by atoms with Gasteiger partial charge < -0.3 is 19.7 Å². The number of anilines is 2. The number of hydrogen-bond acceptors (Lipinski definition) is 6. The number of nitrogens with zero attached hydrogens (tertiary/aromatic N) is 2. The molecule has 1 fully saturated rings. The second-order valence-electron chi connectivity index (χ2n) is 8.57. The first-order valence-electron chi connectivity index (χ1n) is 11.1. The van der Waals surface area contributed by atoms with Gasteiger partial charge in [-0.3, -0.25) is 9.59 Å². The molecule has 2 heterocycles. The summed E-state index contributed by atoms with van der Waals surface area (Å²) in [4.78, 5) is 26.9. The Balaban J connectivity index is 1.56. The fourth-order valence-corrected chi connectivity index (χ4v) is 6.52. The molecule has 0 aromatic heterocycles. The van der Waals surface area contributed by atoms with Gasteiger partial charge in [0.05, 0.1) is 19.1 Å². The number of hydrogen-bond donors (Lipinski definition) is 1. The summed E-state index contributed by atoms with van der Waals surface area (Å²) in [7, 11) is -0.877. The third-order valence-electron chi connectivity index (χ3n) is 6.37. The monoisotopic (exact) mass is 487 g/mol. The average molecular weight is 488 g/mol. The number of amides is 2. The van der Waals surface area contributed by atoms with E-state index >= 15 is 0 Å². The molecular weight excluding hydrogens is 458 g/mol. The first-order chi connectivity index (χ1) is 16.2. The summed E-state index contributed by atoms with van der Waals surface area (Å²) in [5, 5.41) is 2.80. The Morgan fingerprint density at radius 2 is 1.79 bits per heavy atom. The van der Waals surface area contributed by atoms with E-state index in [-0.39, 0.29) is 23.4 Å². The number of fused-ring (bicyclic) bond motifs is 1. The third-order valence-corrected chi connectivity index (χ3v) is 8.27. The van der Waals surface area contributed by atoms with Gasteiger partial charge in [0.1, 0.15) is 6.04 Å². The van der Waals surface area contributed by atoms with Crippen LogP contribution in [0.5, 0.6) is 11.5 Å². The Labute approximate surface area is 199 Å². The molecule has 0 bridgehead atoms. The summed E-state index contributed by atoms with van der Waals surface area (Å²) in [6.45, 7) is 3.70.